The molecule has 0 aliphatic heterocycles. The molecule has 0 radical (unpaired) electrons. The maximum Gasteiger partial charge on any atom is 0.322 e. The van der Waals surface area contributed by atoms with E-state index in [9.17, 15) is 14.0 Å². The molecule has 0 bridgehead atoms. The number of carboxylic acids is 1. The summed E-state index contributed by atoms with van der Waals surface area (Å²) < 4.78 is 19.0. The number of ether oxygens (including phenoxy) is 1. The topological polar surface area (TPSA) is 101 Å². The highest BCUT2D eigenvalue weighted by Gasteiger charge is 2.20. The molecule has 0 saturated carbocycles. The van der Waals surface area contributed by atoms with E-state index in [4.69, 9.17) is 9.84 Å². The second-order valence-corrected chi connectivity index (χ2v) is 7.82. The third kappa shape index (κ3) is 5.72. The summed E-state index contributed by atoms with van der Waals surface area (Å²) in [5.41, 5.74) is 2.61. The lowest BCUT2D eigenvalue weighted by atomic mass is 10.1. The van der Waals surface area contributed by atoms with E-state index >= 15 is 0 Å². The minimum atomic E-state index is -1.11. The van der Waals surface area contributed by atoms with Gasteiger partial charge in [-0.25, -0.2) is 4.39 Å². The van der Waals surface area contributed by atoms with Gasteiger partial charge in [0.15, 0.2) is 5.82 Å². The lowest BCUT2D eigenvalue weighted by Crippen LogP contribution is -2.17. The SMILES string of the molecule is O=C(O)CNc1nc(Oc2cccc(F)c2)sc1C(=O)Nc1ccc(-c2ccccc2)cc1. The summed E-state index contributed by atoms with van der Waals surface area (Å²) in [6, 6.07) is 22.6. The Morgan fingerprint density at radius 3 is 2.39 bits per heavy atom. The van der Waals surface area contributed by atoms with Crippen LogP contribution in [0.25, 0.3) is 11.1 Å². The number of anilines is 2. The Labute approximate surface area is 192 Å². The van der Waals surface area contributed by atoms with Gasteiger partial charge in [-0.1, -0.05) is 59.9 Å². The van der Waals surface area contributed by atoms with Crippen molar-refractivity contribution in [3.8, 4) is 22.1 Å². The first-order chi connectivity index (χ1) is 16.0. The first kappa shape index (κ1) is 22.0. The van der Waals surface area contributed by atoms with Crippen LogP contribution in [-0.2, 0) is 4.79 Å². The lowest BCUT2D eigenvalue weighted by Gasteiger charge is -2.07. The summed E-state index contributed by atoms with van der Waals surface area (Å²) in [4.78, 5) is 28.2. The molecule has 9 heteroatoms. The quantitative estimate of drug-likeness (QED) is 0.319. The molecule has 0 fully saturated rings. The van der Waals surface area contributed by atoms with Crippen molar-refractivity contribution in [2.45, 2.75) is 0 Å². The predicted octanol–water partition coefficient (Wildman–Crippen LogP) is 5.49. The molecule has 4 rings (SSSR count). The number of carboxylic acid groups (broad SMARTS) is 1. The van der Waals surface area contributed by atoms with Crippen LogP contribution < -0.4 is 15.4 Å². The second-order valence-electron chi connectivity index (χ2n) is 6.86. The lowest BCUT2D eigenvalue weighted by molar-refractivity contribution is -0.134. The molecule has 1 aromatic heterocycles. The maximum absolute atomic E-state index is 13.4. The highest BCUT2D eigenvalue weighted by Crippen LogP contribution is 2.33. The van der Waals surface area contributed by atoms with E-state index in [-0.39, 0.29) is 21.6 Å². The molecule has 3 N–H and O–H groups in total. The largest absolute Gasteiger partial charge is 0.480 e. The van der Waals surface area contributed by atoms with Crippen LogP contribution in [0.15, 0.2) is 78.9 Å². The summed E-state index contributed by atoms with van der Waals surface area (Å²) in [7, 11) is 0. The predicted molar refractivity (Wildman–Crippen MR) is 125 cm³/mol. The van der Waals surface area contributed by atoms with Crippen molar-refractivity contribution < 1.29 is 23.8 Å². The van der Waals surface area contributed by atoms with Gasteiger partial charge in [0.05, 0.1) is 0 Å². The third-order valence-corrected chi connectivity index (χ3v) is 5.40. The molecule has 166 valence electrons. The molecular weight excluding hydrogens is 445 g/mol. The van der Waals surface area contributed by atoms with Crippen LogP contribution in [0.4, 0.5) is 15.9 Å². The van der Waals surface area contributed by atoms with E-state index in [0.717, 1.165) is 22.5 Å². The van der Waals surface area contributed by atoms with Crippen molar-refractivity contribution in [3.05, 3.63) is 89.6 Å². The summed E-state index contributed by atoms with van der Waals surface area (Å²) >= 11 is 0.916. The zero-order valence-electron chi connectivity index (χ0n) is 17.1. The van der Waals surface area contributed by atoms with Crippen molar-refractivity contribution in [3.63, 3.8) is 0 Å². The van der Waals surface area contributed by atoms with Crippen molar-refractivity contribution in [2.75, 3.05) is 17.2 Å². The summed E-state index contributed by atoms with van der Waals surface area (Å²) in [5, 5.41) is 14.4. The third-order valence-electron chi connectivity index (χ3n) is 4.47. The van der Waals surface area contributed by atoms with Crippen molar-refractivity contribution in [1.82, 2.24) is 4.98 Å². The molecule has 1 amide bonds. The number of hydrogen-bond donors (Lipinski definition) is 3. The Hall–Kier alpha value is -4.24. The number of hydrogen-bond acceptors (Lipinski definition) is 6. The van der Waals surface area contributed by atoms with Gasteiger partial charge in [-0.3, -0.25) is 9.59 Å². The number of benzene rings is 3. The Kier molecular flexibility index (Phi) is 6.61. The van der Waals surface area contributed by atoms with E-state index < -0.39 is 24.2 Å². The fraction of sp³-hybridized carbons (Fsp3) is 0.0417. The van der Waals surface area contributed by atoms with Gasteiger partial charge in [0.2, 0.25) is 0 Å². The highest BCUT2D eigenvalue weighted by atomic mass is 32.1. The van der Waals surface area contributed by atoms with Crippen LogP contribution in [0.2, 0.25) is 0 Å². The van der Waals surface area contributed by atoms with Gasteiger partial charge < -0.3 is 20.5 Å². The van der Waals surface area contributed by atoms with Gasteiger partial charge in [-0.2, -0.15) is 4.98 Å². The van der Waals surface area contributed by atoms with E-state index in [1.165, 1.54) is 18.2 Å². The molecule has 0 unspecified atom stereocenters. The molecule has 0 aliphatic carbocycles. The van der Waals surface area contributed by atoms with E-state index in [1.54, 1.807) is 18.2 Å². The standard InChI is InChI=1S/C24H18FN3O4S/c25-17-7-4-8-19(13-17)32-24-28-22(26-14-20(29)30)21(33-24)23(31)27-18-11-9-16(10-12-18)15-5-2-1-3-6-15/h1-13,26H,14H2,(H,27,31)(H,29,30). The number of rotatable bonds is 8. The molecule has 7 nitrogen and oxygen atoms in total. The average molecular weight is 463 g/mol. The minimum Gasteiger partial charge on any atom is -0.480 e. The van der Waals surface area contributed by atoms with Gasteiger partial charge >= 0.3 is 5.97 Å². The number of halogens is 1. The smallest absolute Gasteiger partial charge is 0.322 e. The number of aromatic nitrogens is 1. The molecule has 0 atom stereocenters. The Bertz CT molecular complexity index is 1280. The summed E-state index contributed by atoms with van der Waals surface area (Å²) in [6.45, 7) is -0.435. The molecule has 3 aromatic carbocycles. The number of nitrogens with zero attached hydrogens (tertiary/aromatic N) is 1. The second kappa shape index (κ2) is 9.92. The number of carbonyl (C=O) groups is 2. The molecule has 0 saturated heterocycles. The van der Waals surface area contributed by atoms with Crippen LogP contribution in [0.5, 0.6) is 10.9 Å². The first-order valence-electron chi connectivity index (χ1n) is 9.85. The molecule has 0 aliphatic rings. The fourth-order valence-electron chi connectivity index (χ4n) is 2.97. The van der Waals surface area contributed by atoms with E-state index in [0.29, 0.717) is 5.69 Å². The van der Waals surface area contributed by atoms with E-state index in [1.807, 2.05) is 42.5 Å². The monoisotopic (exact) mass is 463 g/mol. The molecule has 0 spiro atoms. The number of carbonyl (C=O) groups excluding carboxylic acids is 1. The summed E-state index contributed by atoms with van der Waals surface area (Å²) in [5.74, 6) is -1.81. The van der Waals surface area contributed by atoms with Crippen molar-refractivity contribution >= 4 is 34.7 Å². The van der Waals surface area contributed by atoms with Gasteiger partial charge in [-0.05, 0) is 35.4 Å². The molecule has 1 heterocycles. The van der Waals surface area contributed by atoms with Crippen LogP contribution >= 0.6 is 11.3 Å². The minimum absolute atomic E-state index is 0.0622. The molecule has 4 aromatic rings. The van der Waals surface area contributed by atoms with Crippen LogP contribution in [-0.4, -0.2) is 28.5 Å². The fourth-order valence-corrected chi connectivity index (χ4v) is 3.78. The van der Waals surface area contributed by atoms with Crippen LogP contribution in [0.1, 0.15) is 9.67 Å². The number of aliphatic carboxylic acids is 1. The molecular formula is C24H18FN3O4S. The first-order valence-corrected chi connectivity index (χ1v) is 10.7. The zero-order chi connectivity index (χ0) is 23.2. The maximum atomic E-state index is 13.4. The average Bonchev–Trinajstić information content (AvgIpc) is 3.21. The Morgan fingerprint density at radius 2 is 1.70 bits per heavy atom. The molecule has 33 heavy (non-hydrogen) atoms. The summed E-state index contributed by atoms with van der Waals surface area (Å²) in [6.07, 6.45) is 0. The Morgan fingerprint density at radius 1 is 0.970 bits per heavy atom. The van der Waals surface area contributed by atoms with Crippen LogP contribution in [0.3, 0.4) is 0 Å². The zero-order valence-corrected chi connectivity index (χ0v) is 17.9. The van der Waals surface area contributed by atoms with Crippen molar-refractivity contribution in [2.24, 2.45) is 0 Å². The van der Waals surface area contributed by atoms with Crippen LogP contribution in [0, 0.1) is 5.82 Å². The van der Waals surface area contributed by atoms with Gasteiger partial charge in [0.25, 0.3) is 11.1 Å². The normalized spacial score (nSPS) is 10.5. The highest BCUT2D eigenvalue weighted by molar-refractivity contribution is 7.16. The van der Waals surface area contributed by atoms with Crippen molar-refractivity contribution in [1.29, 1.82) is 0 Å². The number of thiazole rings is 1. The number of nitrogens with one attached hydrogen (secondary N) is 2. The Balaban J connectivity index is 1.53. The van der Waals surface area contributed by atoms with Gasteiger partial charge in [0.1, 0.15) is 23.0 Å². The van der Waals surface area contributed by atoms with E-state index in [2.05, 4.69) is 15.6 Å². The van der Waals surface area contributed by atoms with Gasteiger partial charge in [0, 0.05) is 11.8 Å². The van der Waals surface area contributed by atoms with Gasteiger partial charge in [-0.15, -0.1) is 0 Å². The number of amides is 1.